The van der Waals surface area contributed by atoms with Crippen molar-refractivity contribution in [2.24, 2.45) is 0 Å². The first-order valence-corrected chi connectivity index (χ1v) is 9.82. The molecule has 1 aliphatic heterocycles. The van der Waals surface area contributed by atoms with Crippen LogP contribution in [0, 0.1) is 5.82 Å². The molecule has 1 aliphatic rings. The predicted octanol–water partition coefficient (Wildman–Crippen LogP) is 2.93. The molecule has 1 atom stereocenters. The van der Waals surface area contributed by atoms with E-state index in [4.69, 9.17) is 4.74 Å². The van der Waals surface area contributed by atoms with Gasteiger partial charge in [0.15, 0.2) is 0 Å². The molecule has 0 unspecified atom stereocenters. The van der Waals surface area contributed by atoms with Crippen molar-refractivity contribution in [3.63, 3.8) is 0 Å². The molecule has 2 heterocycles. The second-order valence-corrected chi connectivity index (χ2v) is 8.10. The van der Waals surface area contributed by atoms with Gasteiger partial charge in [0.2, 0.25) is 10.0 Å². The van der Waals surface area contributed by atoms with Gasteiger partial charge < -0.3 is 4.74 Å². The summed E-state index contributed by atoms with van der Waals surface area (Å²) in [5.41, 5.74) is 0.852. The van der Waals surface area contributed by atoms with Crippen molar-refractivity contribution in [1.82, 2.24) is 14.5 Å². The smallest absolute Gasteiger partial charge is 0.246 e. The molecule has 1 saturated heterocycles. The number of hydrogen-bond donors (Lipinski definition) is 1. The van der Waals surface area contributed by atoms with Gasteiger partial charge in [0, 0.05) is 6.54 Å². The van der Waals surface area contributed by atoms with Crippen molar-refractivity contribution in [3.8, 4) is 5.75 Å². The number of halogens is 1. The molecule has 8 heteroatoms. The Kier molecular flexibility index (Phi) is 4.37. The van der Waals surface area contributed by atoms with Crippen LogP contribution in [0.3, 0.4) is 0 Å². The number of sulfonamides is 1. The van der Waals surface area contributed by atoms with Crippen molar-refractivity contribution >= 4 is 20.9 Å². The summed E-state index contributed by atoms with van der Waals surface area (Å²) in [6.07, 6.45) is 3.07. The van der Waals surface area contributed by atoms with Crippen LogP contribution in [0.2, 0.25) is 0 Å². The summed E-state index contributed by atoms with van der Waals surface area (Å²) in [6.45, 7) is 0.568. The quantitative estimate of drug-likeness (QED) is 0.744. The summed E-state index contributed by atoms with van der Waals surface area (Å²) in [5.74, 6) is -0.0892. The Bertz CT molecular complexity index is 1030. The highest BCUT2D eigenvalue weighted by molar-refractivity contribution is 7.89. The second-order valence-electron chi connectivity index (χ2n) is 6.24. The van der Waals surface area contributed by atoms with Crippen LogP contribution in [0.1, 0.15) is 12.8 Å². The van der Waals surface area contributed by atoms with Crippen molar-refractivity contribution in [1.29, 1.82) is 0 Å². The van der Waals surface area contributed by atoms with Crippen LogP contribution in [0.5, 0.6) is 5.75 Å². The van der Waals surface area contributed by atoms with E-state index in [9.17, 15) is 12.8 Å². The maximum absolute atomic E-state index is 14.0. The van der Waals surface area contributed by atoms with Crippen molar-refractivity contribution in [2.75, 3.05) is 13.2 Å². The number of rotatable bonds is 5. The van der Waals surface area contributed by atoms with Gasteiger partial charge in [-0.3, -0.25) is 5.10 Å². The summed E-state index contributed by atoms with van der Waals surface area (Å²) in [6, 6.07) is 10.7. The Morgan fingerprint density at radius 1 is 1.23 bits per heavy atom. The third kappa shape index (κ3) is 2.95. The SMILES string of the molecule is O=S(=O)(c1ccccc1F)N1CCC[C@H]1COc1cccc2[nH]ncc12. The minimum Gasteiger partial charge on any atom is -0.491 e. The zero-order chi connectivity index (χ0) is 18.1. The zero-order valence-electron chi connectivity index (χ0n) is 13.9. The fourth-order valence-electron chi connectivity index (χ4n) is 3.33. The van der Waals surface area contributed by atoms with E-state index in [2.05, 4.69) is 10.2 Å². The lowest BCUT2D eigenvalue weighted by Gasteiger charge is -2.24. The lowest BCUT2D eigenvalue weighted by Crippen LogP contribution is -2.39. The van der Waals surface area contributed by atoms with Gasteiger partial charge in [0.1, 0.15) is 23.1 Å². The highest BCUT2D eigenvalue weighted by atomic mass is 32.2. The number of benzene rings is 2. The molecule has 0 aliphatic carbocycles. The molecule has 0 spiro atoms. The molecular formula is C18H18FN3O3S. The predicted molar refractivity (Wildman–Crippen MR) is 94.9 cm³/mol. The third-order valence-electron chi connectivity index (χ3n) is 4.62. The highest BCUT2D eigenvalue weighted by Crippen LogP contribution is 2.29. The fraction of sp³-hybridized carbons (Fsp3) is 0.278. The van der Waals surface area contributed by atoms with Gasteiger partial charge in [-0.1, -0.05) is 18.2 Å². The van der Waals surface area contributed by atoms with E-state index < -0.39 is 15.8 Å². The third-order valence-corrected chi connectivity index (χ3v) is 6.61. The van der Waals surface area contributed by atoms with E-state index in [1.807, 2.05) is 18.2 Å². The van der Waals surface area contributed by atoms with Crippen molar-refractivity contribution in [3.05, 3.63) is 54.5 Å². The molecule has 0 amide bonds. The van der Waals surface area contributed by atoms with Crippen molar-refractivity contribution in [2.45, 2.75) is 23.8 Å². The largest absolute Gasteiger partial charge is 0.491 e. The molecule has 0 bridgehead atoms. The van der Waals surface area contributed by atoms with Crippen LogP contribution < -0.4 is 4.74 Å². The van der Waals surface area contributed by atoms with Gasteiger partial charge >= 0.3 is 0 Å². The highest BCUT2D eigenvalue weighted by Gasteiger charge is 2.37. The Hall–Kier alpha value is -2.45. The molecular weight excluding hydrogens is 357 g/mol. The minimum atomic E-state index is -3.89. The molecule has 0 saturated carbocycles. The van der Waals surface area contributed by atoms with Crippen molar-refractivity contribution < 1.29 is 17.5 Å². The van der Waals surface area contributed by atoms with Crippen LogP contribution in [0.4, 0.5) is 4.39 Å². The van der Waals surface area contributed by atoms with Gasteiger partial charge in [0.05, 0.1) is 23.1 Å². The lowest BCUT2D eigenvalue weighted by atomic mass is 10.2. The van der Waals surface area contributed by atoms with Gasteiger partial charge in [-0.2, -0.15) is 9.40 Å². The average molecular weight is 375 g/mol. The maximum Gasteiger partial charge on any atom is 0.246 e. The monoisotopic (exact) mass is 375 g/mol. The summed E-state index contributed by atoms with van der Waals surface area (Å²) >= 11 is 0. The number of H-pyrrole nitrogens is 1. The molecule has 1 fully saturated rings. The summed E-state index contributed by atoms with van der Waals surface area (Å²) < 4.78 is 47.0. The molecule has 4 rings (SSSR count). The first kappa shape index (κ1) is 17.0. The van der Waals surface area contributed by atoms with E-state index >= 15 is 0 Å². The van der Waals surface area contributed by atoms with E-state index in [0.717, 1.165) is 23.4 Å². The van der Waals surface area contributed by atoms with Gasteiger partial charge in [-0.25, -0.2) is 12.8 Å². The van der Waals surface area contributed by atoms with E-state index in [1.165, 1.54) is 22.5 Å². The summed E-state index contributed by atoms with van der Waals surface area (Å²) in [4.78, 5) is -0.288. The fourth-order valence-corrected chi connectivity index (χ4v) is 5.07. The van der Waals surface area contributed by atoms with Crippen LogP contribution in [-0.2, 0) is 10.0 Å². The first-order chi connectivity index (χ1) is 12.6. The number of nitrogens with zero attached hydrogens (tertiary/aromatic N) is 2. The van der Waals surface area contributed by atoms with Crippen LogP contribution >= 0.6 is 0 Å². The summed E-state index contributed by atoms with van der Waals surface area (Å²) in [7, 11) is -3.89. The van der Waals surface area contributed by atoms with E-state index in [-0.39, 0.29) is 17.5 Å². The van der Waals surface area contributed by atoms with Crippen LogP contribution in [-0.4, -0.2) is 42.1 Å². The maximum atomic E-state index is 14.0. The number of hydrogen-bond acceptors (Lipinski definition) is 4. The Morgan fingerprint density at radius 2 is 2.08 bits per heavy atom. The van der Waals surface area contributed by atoms with Crippen LogP contribution in [0.25, 0.3) is 10.9 Å². The normalized spacial score (nSPS) is 18.4. The Balaban J connectivity index is 1.55. The summed E-state index contributed by atoms with van der Waals surface area (Å²) in [5, 5.41) is 7.70. The molecule has 1 aromatic heterocycles. The topological polar surface area (TPSA) is 75.3 Å². The molecule has 26 heavy (non-hydrogen) atoms. The molecule has 3 aromatic rings. The minimum absolute atomic E-state index is 0.206. The molecule has 6 nitrogen and oxygen atoms in total. The first-order valence-electron chi connectivity index (χ1n) is 8.38. The molecule has 136 valence electrons. The average Bonchev–Trinajstić information content (AvgIpc) is 3.29. The lowest BCUT2D eigenvalue weighted by molar-refractivity contribution is 0.234. The second kappa shape index (κ2) is 6.69. The number of aromatic amines is 1. The number of ether oxygens (including phenoxy) is 1. The Labute approximate surface area is 150 Å². The molecule has 0 radical (unpaired) electrons. The van der Waals surface area contributed by atoms with Gasteiger partial charge in [0.25, 0.3) is 0 Å². The standard InChI is InChI=1S/C18H18FN3O3S/c19-15-6-1-2-9-18(15)26(23,24)22-10-4-5-13(22)12-25-17-8-3-7-16-14(17)11-20-21-16/h1-3,6-9,11,13H,4-5,10,12H2,(H,20,21)/t13-/m0/s1. The zero-order valence-corrected chi connectivity index (χ0v) is 14.7. The van der Waals surface area contributed by atoms with Crippen LogP contribution in [0.15, 0.2) is 53.6 Å². The molecule has 2 aromatic carbocycles. The Morgan fingerprint density at radius 3 is 2.92 bits per heavy atom. The van der Waals surface area contributed by atoms with Gasteiger partial charge in [-0.15, -0.1) is 0 Å². The molecule has 1 N–H and O–H groups in total. The van der Waals surface area contributed by atoms with Gasteiger partial charge in [-0.05, 0) is 37.1 Å². The van der Waals surface area contributed by atoms with E-state index in [0.29, 0.717) is 18.7 Å². The number of aromatic nitrogens is 2. The van der Waals surface area contributed by atoms with E-state index in [1.54, 1.807) is 6.20 Å². The number of nitrogens with one attached hydrogen (secondary N) is 1. The number of fused-ring (bicyclic) bond motifs is 1.